The van der Waals surface area contributed by atoms with Crippen molar-refractivity contribution in [2.45, 2.75) is 6.10 Å². The summed E-state index contributed by atoms with van der Waals surface area (Å²) in [5.41, 5.74) is 1.46. The van der Waals surface area contributed by atoms with Gasteiger partial charge in [-0.25, -0.2) is 0 Å². The third-order valence-electron chi connectivity index (χ3n) is 2.64. The van der Waals surface area contributed by atoms with Crippen LogP contribution in [0.1, 0.15) is 17.2 Å². The lowest BCUT2D eigenvalue weighted by Crippen LogP contribution is -2.04. The van der Waals surface area contributed by atoms with Crippen molar-refractivity contribution in [3.8, 4) is 11.5 Å². The van der Waals surface area contributed by atoms with Gasteiger partial charge in [-0.2, -0.15) is 0 Å². The van der Waals surface area contributed by atoms with Crippen LogP contribution in [0.15, 0.2) is 33.4 Å². The largest absolute Gasteiger partial charge is 0.496 e. The van der Waals surface area contributed by atoms with Gasteiger partial charge >= 0.3 is 0 Å². The minimum absolute atomic E-state index is 0.615. The number of ether oxygens (including phenoxy) is 2. The molecule has 1 heterocycles. The highest BCUT2D eigenvalue weighted by molar-refractivity contribution is 9.11. The van der Waals surface area contributed by atoms with Crippen LogP contribution in [0.3, 0.4) is 0 Å². The summed E-state index contributed by atoms with van der Waals surface area (Å²) in [6, 6.07) is 7.34. The van der Waals surface area contributed by atoms with Gasteiger partial charge in [-0.3, -0.25) is 0 Å². The molecule has 0 aliphatic heterocycles. The summed E-state index contributed by atoms with van der Waals surface area (Å²) in [4.78, 5) is 0. The van der Waals surface area contributed by atoms with Gasteiger partial charge in [0.05, 0.1) is 23.6 Å². The molecule has 0 fully saturated rings. The average Bonchev–Trinajstić information content (AvgIpc) is 2.83. The maximum atomic E-state index is 10.5. The lowest BCUT2D eigenvalue weighted by atomic mass is 10.0. The van der Waals surface area contributed by atoms with Crippen molar-refractivity contribution in [1.29, 1.82) is 0 Å². The van der Waals surface area contributed by atoms with Gasteiger partial charge in [-0.05, 0) is 45.1 Å². The molecule has 0 saturated carbocycles. The van der Waals surface area contributed by atoms with Crippen LogP contribution in [0.5, 0.6) is 11.5 Å². The van der Waals surface area contributed by atoms with Gasteiger partial charge in [0.25, 0.3) is 0 Å². The number of rotatable bonds is 4. The van der Waals surface area contributed by atoms with E-state index in [9.17, 15) is 5.11 Å². The Bertz CT molecular complexity index is 517. The predicted molar refractivity (Wildman–Crippen MR) is 75.6 cm³/mol. The van der Waals surface area contributed by atoms with Crippen molar-refractivity contribution in [2.24, 2.45) is 0 Å². The smallest absolute Gasteiger partial charge is 0.128 e. The highest BCUT2D eigenvalue weighted by atomic mass is 79.9. The first-order valence-electron chi connectivity index (χ1n) is 5.30. The van der Waals surface area contributed by atoms with Crippen LogP contribution in [0.2, 0.25) is 0 Å². The number of halogens is 1. The van der Waals surface area contributed by atoms with Crippen LogP contribution < -0.4 is 9.47 Å². The quantitative estimate of drug-likeness (QED) is 0.931. The highest BCUT2D eigenvalue weighted by Gasteiger charge is 2.21. The summed E-state index contributed by atoms with van der Waals surface area (Å²) < 4.78 is 11.6. The Kier molecular flexibility index (Phi) is 4.27. The molecule has 2 rings (SSSR count). The second-order valence-electron chi connectivity index (χ2n) is 3.66. The van der Waals surface area contributed by atoms with Crippen LogP contribution in [0.4, 0.5) is 0 Å². The maximum Gasteiger partial charge on any atom is 0.128 e. The van der Waals surface area contributed by atoms with E-state index in [1.54, 1.807) is 14.2 Å². The van der Waals surface area contributed by atoms with Crippen molar-refractivity contribution >= 4 is 27.3 Å². The number of aliphatic hydroxyl groups is 1. The van der Waals surface area contributed by atoms with Crippen LogP contribution >= 0.6 is 27.3 Å². The molecule has 5 heteroatoms. The Balaban J connectivity index is 2.48. The standard InChI is InChI=1S/C13H13BrO3S/c1-16-9-4-3-5-10(17-2)12(9)13(15)8-6-11(14)18-7-8/h3-7,13,15H,1-2H3. The normalized spacial score (nSPS) is 12.2. The lowest BCUT2D eigenvalue weighted by molar-refractivity contribution is 0.209. The number of hydrogen-bond donors (Lipinski definition) is 1. The van der Waals surface area contributed by atoms with Crippen LogP contribution in [0.25, 0.3) is 0 Å². The van der Waals surface area contributed by atoms with E-state index in [1.807, 2.05) is 29.6 Å². The van der Waals surface area contributed by atoms with E-state index in [2.05, 4.69) is 15.9 Å². The topological polar surface area (TPSA) is 38.7 Å². The second-order valence-corrected chi connectivity index (χ2v) is 5.95. The second kappa shape index (κ2) is 5.73. The monoisotopic (exact) mass is 328 g/mol. The maximum absolute atomic E-state index is 10.5. The van der Waals surface area contributed by atoms with E-state index in [0.29, 0.717) is 17.1 Å². The first-order valence-corrected chi connectivity index (χ1v) is 6.97. The summed E-state index contributed by atoms with van der Waals surface area (Å²) in [5.74, 6) is 1.23. The number of thiophene rings is 1. The van der Waals surface area contributed by atoms with Gasteiger partial charge in [-0.15, -0.1) is 11.3 Å². The first-order chi connectivity index (χ1) is 8.67. The molecular weight excluding hydrogens is 316 g/mol. The summed E-state index contributed by atoms with van der Waals surface area (Å²) in [6.45, 7) is 0. The van der Waals surface area contributed by atoms with E-state index in [1.165, 1.54) is 11.3 Å². The van der Waals surface area contributed by atoms with Crippen LogP contribution in [0, 0.1) is 0 Å². The SMILES string of the molecule is COc1cccc(OC)c1C(O)c1csc(Br)c1. The van der Waals surface area contributed by atoms with E-state index < -0.39 is 6.10 Å². The summed E-state index contributed by atoms with van der Waals surface area (Å²) in [6.07, 6.45) is -0.765. The summed E-state index contributed by atoms with van der Waals surface area (Å²) >= 11 is 4.92. The van der Waals surface area contributed by atoms with E-state index in [-0.39, 0.29) is 0 Å². The number of hydrogen-bond acceptors (Lipinski definition) is 4. The van der Waals surface area contributed by atoms with Crippen molar-refractivity contribution in [3.05, 3.63) is 44.6 Å². The number of benzene rings is 1. The molecule has 0 amide bonds. The Labute approximate surface area is 118 Å². The minimum atomic E-state index is -0.765. The highest BCUT2D eigenvalue weighted by Crippen LogP contribution is 2.39. The molecule has 1 aromatic heterocycles. The lowest BCUT2D eigenvalue weighted by Gasteiger charge is -2.17. The average molecular weight is 329 g/mol. The number of aliphatic hydroxyl groups excluding tert-OH is 1. The van der Waals surface area contributed by atoms with E-state index in [0.717, 1.165) is 9.35 Å². The Morgan fingerprint density at radius 2 is 1.83 bits per heavy atom. The van der Waals surface area contributed by atoms with Crippen LogP contribution in [-0.4, -0.2) is 19.3 Å². The molecule has 96 valence electrons. The Morgan fingerprint density at radius 1 is 1.22 bits per heavy atom. The fraction of sp³-hybridized carbons (Fsp3) is 0.231. The van der Waals surface area contributed by atoms with Crippen molar-refractivity contribution < 1.29 is 14.6 Å². The van der Waals surface area contributed by atoms with E-state index >= 15 is 0 Å². The molecule has 0 radical (unpaired) electrons. The zero-order valence-corrected chi connectivity index (χ0v) is 12.4. The molecule has 2 aromatic rings. The van der Waals surface area contributed by atoms with Crippen molar-refractivity contribution in [2.75, 3.05) is 14.2 Å². The van der Waals surface area contributed by atoms with Gasteiger partial charge in [-0.1, -0.05) is 6.07 Å². The molecule has 0 saturated heterocycles. The minimum Gasteiger partial charge on any atom is -0.496 e. The molecule has 0 aliphatic carbocycles. The third kappa shape index (κ3) is 2.53. The zero-order valence-electron chi connectivity index (χ0n) is 10.0. The van der Waals surface area contributed by atoms with Crippen molar-refractivity contribution in [3.63, 3.8) is 0 Å². The third-order valence-corrected chi connectivity index (χ3v) is 4.17. The molecule has 3 nitrogen and oxygen atoms in total. The van der Waals surface area contributed by atoms with Gasteiger partial charge in [0, 0.05) is 0 Å². The predicted octanol–water partition coefficient (Wildman–Crippen LogP) is 3.61. The van der Waals surface area contributed by atoms with Gasteiger partial charge in [0.2, 0.25) is 0 Å². The molecule has 0 aliphatic rings. The molecule has 1 N–H and O–H groups in total. The first kappa shape index (κ1) is 13.4. The van der Waals surface area contributed by atoms with Gasteiger partial charge in [0.15, 0.2) is 0 Å². The number of methoxy groups -OCH3 is 2. The molecule has 18 heavy (non-hydrogen) atoms. The summed E-state index contributed by atoms with van der Waals surface area (Å²) in [7, 11) is 3.16. The Morgan fingerprint density at radius 3 is 2.28 bits per heavy atom. The fourth-order valence-electron chi connectivity index (χ4n) is 1.78. The van der Waals surface area contributed by atoms with Crippen LogP contribution in [-0.2, 0) is 0 Å². The van der Waals surface area contributed by atoms with Crippen molar-refractivity contribution in [1.82, 2.24) is 0 Å². The molecular formula is C13H13BrO3S. The molecule has 0 bridgehead atoms. The zero-order chi connectivity index (χ0) is 13.1. The molecule has 0 spiro atoms. The van der Waals surface area contributed by atoms with Gasteiger partial charge in [0.1, 0.15) is 17.6 Å². The van der Waals surface area contributed by atoms with E-state index in [4.69, 9.17) is 9.47 Å². The van der Waals surface area contributed by atoms with Gasteiger partial charge < -0.3 is 14.6 Å². The molecule has 1 atom stereocenters. The summed E-state index contributed by atoms with van der Waals surface area (Å²) in [5, 5.41) is 12.4. The molecule has 1 aromatic carbocycles. The fourth-order valence-corrected chi connectivity index (χ4v) is 2.98. The molecule has 1 unspecified atom stereocenters. The Hall–Kier alpha value is -1.04.